The fourth-order valence-electron chi connectivity index (χ4n) is 2.93. The van der Waals surface area contributed by atoms with Crippen molar-refractivity contribution in [2.75, 3.05) is 0 Å². The highest BCUT2D eigenvalue weighted by molar-refractivity contribution is 9.10. The minimum atomic E-state index is -0.267. The average molecular weight is 437 g/mol. The van der Waals surface area contributed by atoms with Crippen LogP contribution in [0.25, 0.3) is 16.9 Å². The highest BCUT2D eigenvalue weighted by atomic mass is 79.9. The Morgan fingerprint density at radius 2 is 1.93 bits per heavy atom. The van der Waals surface area contributed by atoms with Gasteiger partial charge in [0, 0.05) is 41.8 Å². The molecule has 0 fully saturated rings. The second-order valence-corrected chi connectivity index (χ2v) is 7.05. The molecule has 4 rings (SSSR count). The molecule has 1 N–H and O–H groups in total. The van der Waals surface area contributed by atoms with Crippen LogP contribution in [0, 0.1) is 6.92 Å². The average Bonchev–Trinajstić information content (AvgIpc) is 3.30. The number of rotatable bonds is 5. The quantitative estimate of drug-likeness (QED) is 0.498. The van der Waals surface area contributed by atoms with Gasteiger partial charge >= 0.3 is 0 Å². The lowest BCUT2D eigenvalue weighted by Crippen LogP contribution is -2.23. The lowest BCUT2D eigenvalue weighted by molar-refractivity contribution is 0.0921. The van der Waals surface area contributed by atoms with Crippen LogP contribution < -0.4 is 5.32 Å². The van der Waals surface area contributed by atoms with E-state index >= 15 is 0 Å². The molecule has 0 bridgehead atoms. The predicted molar refractivity (Wildman–Crippen MR) is 109 cm³/mol. The summed E-state index contributed by atoms with van der Waals surface area (Å²) in [6.45, 7) is 2.15. The zero-order valence-corrected chi connectivity index (χ0v) is 16.7. The van der Waals surface area contributed by atoms with E-state index in [9.17, 15) is 4.79 Å². The first-order valence-corrected chi connectivity index (χ1v) is 9.49. The first-order valence-electron chi connectivity index (χ1n) is 8.70. The molecule has 0 atom stereocenters. The third-order valence-corrected chi connectivity index (χ3v) is 4.69. The zero-order valence-electron chi connectivity index (χ0n) is 15.1. The van der Waals surface area contributed by atoms with Gasteiger partial charge in [-0.25, -0.2) is 4.68 Å². The number of carbonyl (C=O) groups excluding carboxylic acids is 1. The van der Waals surface area contributed by atoms with Gasteiger partial charge in [0.1, 0.15) is 0 Å². The number of pyridine rings is 1. The van der Waals surface area contributed by atoms with Crippen molar-refractivity contribution in [3.63, 3.8) is 0 Å². The summed E-state index contributed by atoms with van der Waals surface area (Å²) in [7, 11) is 0. The first kappa shape index (κ1) is 18.2. The Morgan fingerprint density at radius 1 is 1.18 bits per heavy atom. The number of carbonyl (C=O) groups is 1. The minimum Gasteiger partial charge on any atom is -0.444 e. The molecule has 0 spiro atoms. The Balaban J connectivity index is 1.64. The van der Waals surface area contributed by atoms with E-state index < -0.39 is 0 Å². The van der Waals surface area contributed by atoms with Crippen LogP contribution in [-0.4, -0.2) is 20.7 Å². The summed E-state index contributed by atoms with van der Waals surface area (Å²) in [5, 5.41) is 7.65. The summed E-state index contributed by atoms with van der Waals surface area (Å²) in [6, 6.07) is 15.4. The number of hydrogen-bond donors (Lipinski definition) is 1. The van der Waals surface area contributed by atoms with E-state index in [1.54, 1.807) is 18.5 Å². The van der Waals surface area contributed by atoms with E-state index in [1.807, 2.05) is 60.3 Å². The number of amides is 1. The molecule has 28 heavy (non-hydrogen) atoms. The van der Waals surface area contributed by atoms with E-state index in [1.165, 1.54) is 0 Å². The van der Waals surface area contributed by atoms with Gasteiger partial charge in [0.05, 0.1) is 11.4 Å². The number of para-hydroxylation sites is 1. The number of hydrogen-bond acceptors (Lipinski definition) is 4. The van der Waals surface area contributed by atoms with Crippen LogP contribution in [0.15, 0.2) is 76.2 Å². The number of aromatic nitrogens is 3. The lowest BCUT2D eigenvalue weighted by Gasteiger charge is -2.04. The predicted octanol–water partition coefficient (Wildman–Crippen LogP) is 4.53. The van der Waals surface area contributed by atoms with E-state index in [-0.39, 0.29) is 5.91 Å². The SMILES string of the molecule is Cc1cc(Br)oc1C(=O)NCc1cn(-c2ccccc2)nc1-c1ccncc1. The Hall–Kier alpha value is -3.19. The topological polar surface area (TPSA) is 73.0 Å². The zero-order chi connectivity index (χ0) is 19.5. The molecule has 7 heteroatoms. The van der Waals surface area contributed by atoms with E-state index in [0.717, 1.165) is 28.1 Å². The Labute approximate surface area is 170 Å². The fourth-order valence-corrected chi connectivity index (χ4v) is 3.43. The molecule has 0 saturated heterocycles. The summed E-state index contributed by atoms with van der Waals surface area (Å²) in [5.74, 6) is 0.0316. The van der Waals surface area contributed by atoms with Crippen LogP contribution in [0.1, 0.15) is 21.7 Å². The molecule has 3 aromatic heterocycles. The second kappa shape index (κ2) is 7.82. The van der Waals surface area contributed by atoms with E-state index in [4.69, 9.17) is 9.52 Å². The van der Waals surface area contributed by atoms with Gasteiger partial charge in [-0.1, -0.05) is 18.2 Å². The normalized spacial score (nSPS) is 10.8. The highest BCUT2D eigenvalue weighted by Crippen LogP contribution is 2.24. The molecule has 0 radical (unpaired) electrons. The number of furan rings is 1. The standard InChI is InChI=1S/C21H17BrN4O2/c1-14-11-18(22)28-20(14)21(27)24-12-16-13-26(17-5-3-2-4-6-17)25-19(16)15-7-9-23-10-8-15/h2-11,13H,12H2,1H3,(H,24,27). The van der Waals surface area contributed by atoms with Gasteiger partial charge in [0.2, 0.25) is 0 Å². The van der Waals surface area contributed by atoms with E-state index in [0.29, 0.717) is 17.0 Å². The summed E-state index contributed by atoms with van der Waals surface area (Å²) < 4.78 is 7.77. The van der Waals surface area contributed by atoms with Crippen molar-refractivity contribution in [1.29, 1.82) is 0 Å². The second-order valence-electron chi connectivity index (χ2n) is 6.26. The summed E-state index contributed by atoms with van der Waals surface area (Å²) in [4.78, 5) is 16.6. The van der Waals surface area contributed by atoms with Gasteiger partial charge in [-0.2, -0.15) is 5.10 Å². The smallest absolute Gasteiger partial charge is 0.287 e. The van der Waals surface area contributed by atoms with Crippen molar-refractivity contribution < 1.29 is 9.21 Å². The van der Waals surface area contributed by atoms with Crippen molar-refractivity contribution >= 4 is 21.8 Å². The van der Waals surface area contributed by atoms with Crippen LogP contribution in [0.3, 0.4) is 0 Å². The summed E-state index contributed by atoms with van der Waals surface area (Å²) in [6.07, 6.45) is 5.38. The highest BCUT2D eigenvalue weighted by Gasteiger charge is 2.17. The maximum absolute atomic E-state index is 12.5. The number of aryl methyl sites for hydroxylation is 1. The Morgan fingerprint density at radius 3 is 2.61 bits per heavy atom. The van der Waals surface area contributed by atoms with Gasteiger partial charge in [0.15, 0.2) is 10.4 Å². The molecular formula is C21H17BrN4O2. The molecule has 4 aromatic rings. The van der Waals surface area contributed by atoms with Crippen LogP contribution in [0.2, 0.25) is 0 Å². The van der Waals surface area contributed by atoms with Gasteiger partial charge in [-0.15, -0.1) is 0 Å². The first-order chi connectivity index (χ1) is 13.6. The van der Waals surface area contributed by atoms with Crippen molar-refractivity contribution in [3.8, 4) is 16.9 Å². The van der Waals surface area contributed by atoms with Crippen LogP contribution in [0.4, 0.5) is 0 Å². The largest absolute Gasteiger partial charge is 0.444 e. The Kier molecular flexibility index (Phi) is 5.08. The molecule has 0 aliphatic rings. The van der Waals surface area contributed by atoms with Crippen molar-refractivity contribution in [2.24, 2.45) is 0 Å². The molecule has 3 heterocycles. The van der Waals surface area contributed by atoms with Gasteiger partial charge < -0.3 is 9.73 Å². The molecule has 0 aliphatic heterocycles. The molecule has 6 nitrogen and oxygen atoms in total. The summed E-state index contributed by atoms with van der Waals surface area (Å²) in [5.41, 5.74) is 4.35. The molecule has 1 amide bonds. The third kappa shape index (κ3) is 3.75. The number of nitrogens with zero attached hydrogens (tertiary/aromatic N) is 3. The third-order valence-electron chi connectivity index (χ3n) is 4.30. The molecule has 1 aromatic carbocycles. The lowest BCUT2D eigenvalue weighted by atomic mass is 10.1. The van der Waals surface area contributed by atoms with Crippen molar-refractivity contribution in [3.05, 3.63) is 88.7 Å². The van der Waals surface area contributed by atoms with Crippen molar-refractivity contribution in [2.45, 2.75) is 13.5 Å². The van der Waals surface area contributed by atoms with Gasteiger partial charge in [-0.3, -0.25) is 9.78 Å². The monoisotopic (exact) mass is 436 g/mol. The van der Waals surface area contributed by atoms with Crippen molar-refractivity contribution in [1.82, 2.24) is 20.1 Å². The molecule has 140 valence electrons. The van der Waals surface area contributed by atoms with Gasteiger partial charge in [0.25, 0.3) is 5.91 Å². The molecular weight excluding hydrogens is 420 g/mol. The molecule has 0 aliphatic carbocycles. The Bertz CT molecular complexity index is 1100. The number of halogens is 1. The van der Waals surface area contributed by atoms with E-state index in [2.05, 4.69) is 26.2 Å². The minimum absolute atomic E-state index is 0.267. The molecule has 0 unspecified atom stereocenters. The fraction of sp³-hybridized carbons (Fsp3) is 0.0952. The number of nitrogens with one attached hydrogen (secondary N) is 1. The van der Waals surface area contributed by atoms with Crippen LogP contribution in [-0.2, 0) is 6.54 Å². The van der Waals surface area contributed by atoms with Crippen LogP contribution >= 0.6 is 15.9 Å². The van der Waals surface area contributed by atoms with Gasteiger partial charge in [-0.05, 0) is 53.2 Å². The number of benzene rings is 1. The molecule has 0 saturated carbocycles. The maximum Gasteiger partial charge on any atom is 0.287 e. The van der Waals surface area contributed by atoms with Crippen LogP contribution in [0.5, 0.6) is 0 Å². The summed E-state index contributed by atoms with van der Waals surface area (Å²) >= 11 is 3.25. The maximum atomic E-state index is 12.5.